The smallest absolute Gasteiger partial charge is 0.259 e. The van der Waals surface area contributed by atoms with Gasteiger partial charge in [-0.25, -0.2) is 0 Å². The summed E-state index contributed by atoms with van der Waals surface area (Å²) in [4.78, 5) is 25.8. The molecule has 0 spiro atoms. The van der Waals surface area contributed by atoms with Crippen molar-refractivity contribution in [3.8, 4) is 5.75 Å². The third-order valence-corrected chi connectivity index (χ3v) is 4.41. The fourth-order valence-electron chi connectivity index (χ4n) is 2.64. The van der Waals surface area contributed by atoms with Crippen molar-refractivity contribution in [2.75, 3.05) is 26.0 Å². The minimum absolute atomic E-state index is 0.0231. The van der Waals surface area contributed by atoms with E-state index in [1.54, 1.807) is 50.5 Å². The van der Waals surface area contributed by atoms with E-state index in [-0.39, 0.29) is 30.3 Å². The molecule has 0 fully saturated rings. The van der Waals surface area contributed by atoms with Gasteiger partial charge >= 0.3 is 0 Å². The van der Waals surface area contributed by atoms with Crippen LogP contribution < -0.4 is 10.1 Å². The number of hydrogen-bond donors (Lipinski definition) is 1. The first-order valence-electron chi connectivity index (χ1n) is 8.77. The number of nitrogens with one attached hydrogen (secondary N) is 1. The van der Waals surface area contributed by atoms with Gasteiger partial charge in [0.25, 0.3) is 5.91 Å². The number of hydrogen-bond acceptors (Lipinski definition) is 3. The number of anilines is 1. The Hall–Kier alpha value is -2.53. The zero-order chi connectivity index (χ0) is 20.0. The maximum atomic E-state index is 12.8. The number of ether oxygens (including phenoxy) is 1. The Balaban J connectivity index is 2.03. The van der Waals surface area contributed by atoms with Crippen LogP contribution >= 0.6 is 11.6 Å². The van der Waals surface area contributed by atoms with Gasteiger partial charge in [0, 0.05) is 24.8 Å². The first-order chi connectivity index (χ1) is 12.8. The van der Waals surface area contributed by atoms with Crippen molar-refractivity contribution < 1.29 is 14.3 Å². The molecule has 2 rings (SSSR count). The van der Waals surface area contributed by atoms with Gasteiger partial charge in [-0.3, -0.25) is 9.59 Å². The van der Waals surface area contributed by atoms with Gasteiger partial charge in [-0.05, 0) is 47.9 Å². The molecular formula is C21H25ClN2O3. The van der Waals surface area contributed by atoms with Crippen LogP contribution in [-0.4, -0.2) is 37.4 Å². The van der Waals surface area contributed by atoms with Crippen molar-refractivity contribution in [2.24, 2.45) is 5.92 Å². The van der Waals surface area contributed by atoms with Gasteiger partial charge in [0.1, 0.15) is 5.75 Å². The number of halogens is 1. The van der Waals surface area contributed by atoms with Crippen molar-refractivity contribution in [2.45, 2.75) is 19.8 Å². The van der Waals surface area contributed by atoms with Crippen LogP contribution in [0.2, 0.25) is 5.02 Å². The molecule has 0 radical (unpaired) electrons. The first kappa shape index (κ1) is 20.8. The Morgan fingerprint density at radius 2 is 1.63 bits per heavy atom. The Bertz CT molecular complexity index is 771. The zero-order valence-corrected chi connectivity index (χ0v) is 16.8. The zero-order valence-electron chi connectivity index (χ0n) is 16.0. The van der Waals surface area contributed by atoms with Gasteiger partial charge in [0.2, 0.25) is 5.91 Å². The molecule has 5 nitrogen and oxygen atoms in total. The van der Waals surface area contributed by atoms with Gasteiger partial charge in [0.15, 0.2) is 6.61 Å². The molecular weight excluding hydrogens is 364 g/mol. The van der Waals surface area contributed by atoms with E-state index in [1.165, 1.54) is 4.90 Å². The van der Waals surface area contributed by atoms with Crippen LogP contribution in [0.1, 0.15) is 25.3 Å². The second-order valence-corrected chi connectivity index (χ2v) is 7.30. The van der Waals surface area contributed by atoms with E-state index in [1.807, 2.05) is 26.0 Å². The largest absolute Gasteiger partial charge is 0.484 e. The highest BCUT2D eigenvalue weighted by Gasteiger charge is 2.24. The number of carbonyl (C=O) groups excluding carboxylic acids is 2. The van der Waals surface area contributed by atoms with Gasteiger partial charge < -0.3 is 15.0 Å². The third-order valence-electron chi connectivity index (χ3n) is 4.16. The van der Waals surface area contributed by atoms with E-state index in [2.05, 4.69) is 5.32 Å². The van der Waals surface area contributed by atoms with Crippen LogP contribution in [0.15, 0.2) is 48.5 Å². The van der Waals surface area contributed by atoms with Gasteiger partial charge in [-0.1, -0.05) is 37.6 Å². The lowest BCUT2D eigenvalue weighted by atomic mass is 9.87. The monoisotopic (exact) mass is 388 g/mol. The van der Waals surface area contributed by atoms with Gasteiger partial charge in [-0.2, -0.15) is 0 Å². The molecule has 0 heterocycles. The molecule has 2 amide bonds. The number of amides is 2. The van der Waals surface area contributed by atoms with Crippen molar-refractivity contribution >= 4 is 29.1 Å². The summed E-state index contributed by atoms with van der Waals surface area (Å²) in [7, 11) is 3.35. The normalized spacial score (nSPS) is 11.8. The van der Waals surface area contributed by atoms with E-state index >= 15 is 0 Å². The highest BCUT2D eigenvalue weighted by molar-refractivity contribution is 6.30. The van der Waals surface area contributed by atoms with Crippen molar-refractivity contribution in [1.29, 1.82) is 0 Å². The van der Waals surface area contributed by atoms with Crippen molar-refractivity contribution in [3.63, 3.8) is 0 Å². The predicted molar refractivity (Wildman–Crippen MR) is 108 cm³/mol. The van der Waals surface area contributed by atoms with Gasteiger partial charge in [-0.15, -0.1) is 0 Å². The predicted octanol–water partition coefficient (Wildman–Crippen LogP) is 4.19. The standard InChI is InChI=1S/C21H25ClN2O3/c1-14(2)20(15-5-7-16(22)8-6-15)21(26)23-17-9-11-18(12-10-17)27-13-19(25)24(3)4/h5-12,14,20H,13H2,1-4H3,(H,23,26)/t20-/m0/s1. The number of benzene rings is 2. The van der Waals surface area contributed by atoms with Gasteiger partial charge in [0.05, 0.1) is 5.92 Å². The number of rotatable bonds is 7. The molecule has 0 unspecified atom stereocenters. The minimum atomic E-state index is -0.282. The molecule has 0 saturated heterocycles. The number of nitrogens with zero attached hydrogens (tertiary/aromatic N) is 1. The quantitative estimate of drug-likeness (QED) is 0.773. The highest BCUT2D eigenvalue weighted by Crippen LogP contribution is 2.27. The average Bonchev–Trinajstić information content (AvgIpc) is 2.62. The van der Waals surface area contributed by atoms with Crippen LogP contribution in [0.3, 0.4) is 0 Å². The second-order valence-electron chi connectivity index (χ2n) is 6.86. The average molecular weight is 389 g/mol. The molecule has 0 saturated carbocycles. The lowest BCUT2D eigenvalue weighted by Gasteiger charge is -2.21. The lowest BCUT2D eigenvalue weighted by Crippen LogP contribution is -2.27. The van der Waals surface area contributed by atoms with Crippen LogP contribution in [-0.2, 0) is 9.59 Å². The van der Waals surface area contributed by atoms with Crippen LogP contribution in [0, 0.1) is 5.92 Å². The molecule has 0 aromatic heterocycles. The third kappa shape index (κ3) is 6.00. The van der Waals surface area contributed by atoms with E-state index < -0.39 is 0 Å². The minimum Gasteiger partial charge on any atom is -0.484 e. The summed E-state index contributed by atoms with van der Waals surface area (Å²) in [6.45, 7) is 4.00. The molecule has 0 aliphatic carbocycles. The van der Waals surface area contributed by atoms with Crippen molar-refractivity contribution in [1.82, 2.24) is 4.90 Å². The topological polar surface area (TPSA) is 58.6 Å². The maximum Gasteiger partial charge on any atom is 0.259 e. The highest BCUT2D eigenvalue weighted by atomic mass is 35.5. The summed E-state index contributed by atoms with van der Waals surface area (Å²) in [6, 6.07) is 14.3. The fraction of sp³-hybridized carbons (Fsp3) is 0.333. The Morgan fingerprint density at radius 1 is 1.04 bits per heavy atom. The maximum absolute atomic E-state index is 12.8. The van der Waals surface area contributed by atoms with E-state index in [0.29, 0.717) is 16.5 Å². The molecule has 27 heavy (non-hydrogen) atoms. The van der Waals surface area contributed by atoms with Crippen LogP contribution in [0.5, 0.6) is 5.75 Å². The summed E-state index contributed by atoms with van der Waals surface area (Å²) in [6.07, 6.45) is 0. The lowest BCUT2D eigenvalue weighted by molar-refractivity contribution is -0.130. The summed E-state index contributed by atoms with van der Waals surface area (Å²) >= 11 is 5.95. The molecule has 144 valence electrons. The molecule has 6 heteroatoms. The fourth-order valence-corrected chi connectivity index (χ4v) is 2.76. The molecule has 0 aliphatic heterocycles. The molecule has 2 aromatic carbocycles. The number of likely N-dealkylation sites (N-methyl/N-ethyl adjacent to an activating group) is 1. The Kier molecular flexibility index (Phi) is 7.25. The molecule has 1 N–H and O–H groups in total. The summed E-state index contributed by atoms with van der Waals surface area (Å²) in [5.41, 5.74) is 1.60. The van der Waals surface area contributed by atoms with Crippen LogP contribution in [0.25, 0.3) is 0 Å². The SMILES string of the molecule is CC(C)[C@H](C(=O)Nc1ccc(OCC(=O)N(C)C)cc1)c1ccc(Cl)cc1. The van der Waals surface area contributed by atoms with E-state index in [4.69, 9.17) is 16.3 Å². The molecule has 1 atom stereocenters. The summed E-state index contributed by atoms with van der Waals surface area (Å²) < 4.78 is 5.44. The summed E-state index contributed by atoms with van der Waals surface area (Å²) in [5.74, 6) is 0.224. The van der Waals surface area contributed by atoms with E-state index in [9.17, 15) is 9.59 Å². The summed E-state index contributed by atoms with van der Waals surface area (Å²) in [5, 5.41) is 3.59. The van der Waals surface area contributed by atoms with Crippen molar-refractivity contribution in [3.05, 3.63) is 59.1 Å². The van der Waals surface area contributed by atoms with Crippen LogP contribution in [0.4, 0.5) is 5.69 Å². The Labute approximate surface area is 165 Å². The Morgan fingerprint density at radius 3 is 2.15 bits per heavy atom. The second kappa shape index (κ2) is 9.42. The number of carbonyl (C=O) groups is 2. The first-order valence-corrected chi connectivity index (χ1v) is 9.15. The van der Waals surface area contributed by atoms with E-state index in [0.717, 1.165) is 5.56 Å². The molecule has 2 aromatic rings. The molecule has 0 bridgehead atoms. The molecule has 0 aliphatic rings.